The molecule has 0 atom stereocenters. The molecule has 88 valence electrons. The summed E-state index contributed by atoms with van der Waals surface area (Å²) in [6.07, 6.45) is 0. The van der Waals surface area contributed by atoms with Crippen LogP contribution < -0.4 is 0 Å². The molecule has 0 aliphatic carbocycles. The van der Waals surface area contributed by atoms with Crippen molar-refractivity contribution in [2.75, 3.05) is 0 Å². The number of hydrogen-bond acceptors (Lipinski definition) is 0. The Hall–Kier alpha value is -0.201. The Bertz CT molecular complexity index is 831. The first-order chi connectivity index (χ1) is 8.72. The summed E-state index contributed by atoms with van der Waals surface area (Å²) in [6, 6.07) is 12.6. The van der Waals surface area contributed by atoms with E-state index in [9.17, 15) is 0 Å². The summed E-state index contributed by atoms with van der Waals surface area (Å²) >= 11 is 13.1. The van der Waals surface area contributed by atoms with E-state index >= 15 is 0 Å². The van der Waals surface area contributed by atoms with E-state index in [0.29, 0.717) is 29.0 Å². The van der Waals surface area contributed by atoms with Crippen LogP contribution in [0, 0.1) is 0 Å². The number of benzene rings is 2. The summed E-state index contributed by atoms with van der Waals surface area (Å²) in [4.78, 5) is 0. The van der Waals surface area contributed by atoms with Gasteiger partial charge in [0.1, 0.15) is 0 Å². The van der Waals surface area contributed by atoms with Gasteiger partial charge in [0.2, 0.25) is 0 Å². The number of rotatable bonds is 0. The molecule has 2 aromatic heterocycles. The predicted molar refractivity (Wildman–Crippen MR) is 82.9 cm³/mol. The molecule has 0 bridgehead atoms. The molecule has 0 saturated carbocycles. The Balaban J connectivity index is 2.25. The molecule has 0 saturated heterocycles. The maximum atomic E-state index is 6.08. The SMILES string of the molecule is Clc1ccc2c(c1)[se]c1[se]c3cc(Cl)ccc3c12. The molecular weight excluding hydrogens is 397 g/mol. The molecule has 0 fully saturated rings. The monoisotopic (exact) mass is 404 g/mol. The second kappa shape index (κ2) is 4.15. The van der Waals surface area contributed by atoms with Crippen LogP contribution >= 0.6 is 23.2 Å². The normalized spacial score (nSPS) is 11.9. The zero-order chi connectivity index (χ0) is 12.3. The molecule has 0 aliphatic heterocycles. The maximum absolute atomic E-state index is 6.08. The molecule has 4 aromatic rings. The second-order valence-electron chi connectivity index (χ2n) is 4.15. The molecule has 0 spiro atoms. The molecule has 4 heteroatoms. The van der Waals surface area contributed by atoms with Crippen LogP contribution in [0.25, 0.3) is 27.8 Å². The van der Waals surface area contributed by atoms with Gasteiger partial charge in [-0.15, -0.1) is 0 Å². The molecule has 0 aliphatic rings. The Morgan fingerprint density at radius 2 is 1.22 bits per heavy atom. The van der Waals surface area contributed by atoms with Gasteiger partial charge in [0.15, 0.2) is 0 Å². The third kappa shape index (κ3) is 1.65. The summed E-state index contributed by atoms with van der Waals surface area (Å²) < 4.78 is 4.49. The van der Waals surface area contributed by atoms with Crippen molar-refractivity contribution in [3.63, 3.8) is 0 Å². The van der Waals surface area contributed by atoms with Crippen molar-refractivity contribution in [2.45, 2.75) is 0 Å². The van der Waals surface area contributed by atoms with Gasteiger partial charge in [0, 0.05) is 0 Å². The zero-order valence-corrected chi connectivity index (χ0v) is 14.0. The quantitative estimate of drug-likeness (QED) is 0.378. The Kier molecular flexibility index (Phi) is 2.67. The van der Waals surface area contributed by atoms with Gasteiger partial charge >= 0.3 is 126 Å². The van der Waals surface area contributed by atoms with Gasteiger partial charge in [-0.3, -0.25) is 0 Å². The van der Waals surface area contributed by atoms with Gasteiger partial charge in [0.05, 0.1) is 0 Å². The van der Waals surface area contributed by atoms with Crippen molar-refractivity contribution in [3.05, 3.63) is 46.4 Å². The Morgan fingerprint density at radius 3 is 1.72 bits per heavy atom. The van der Waals surface area contributed by atoms with Crippen molar-refractivity contribution < 1.29 is 0 Å². The Labute approximate surface area is 126 Å². The minimum absolute atomic E-state index is 0.445. The van der Waals surface area contributed by atoms with Crippen LogP contribution in [0.4, 0.5) is 0 Å². The summed E-state index contributed by atoms with van der Waals surface area (Å²) in [5.74, 6) is 0. The van der Waals surface area contributed by atoms with Gasteiger partial charge in [-0.25, -0.2) is 0 Å². The fourth-order valence-electron chi connectivity index (χ4n) is 2.26. The zero-order valence-electron chi connectivity index (χ0n) is 9.04. The number of fused-ring (bicyclic) bond motifs is 5. The van der Waals surface area contributed by atoms with E-state index in [-0.39, 0.29) is 0 Å². The molecule has 0 amide bonds. The fraction of sp³-hybridized carbons (Fsp3) is 0. The van der Waals surface area contributed by atoms with Crippen LogP contribution in [0.2, 0.25) is 10.0 Å². The number of hydrogen-bond donors (Lipinski definition) is 0. The van der Waals surface area contributed by atoms with E-state index in [1.807, 2.05) is 12.1 Å². The third-order valence-corrected chi connectivity index (χ3v) is 9.30. The Morgan fingerprint density at radius 1 is 0.722 bits per heavy atom. The van der Waals surface area contributed by atoms with Crippen molar-refractivity contribution >= 4 is 80.0 Å². The molecule has 2 aromatic carbocycles. The van der Waals surface area contributed by atoms with Crippen LogP contribution in [0.3, 0.4) is 0 Å². The van der Waals surface area contributed by atoms with Gasteiger partial charge in [0.25, 0.3) is 0 Å². The molecule has 0 nitrogen and oxygen atoms in total. The summed E-state index contributed by atoms with van der Waals surface area (Å²) in [5, 5.41) is 5.93. The van der Waals surface area contributed by atoms with Gasteiger partial charge in [-0.1, -0.05) is 0 Å². The first kappa shape index (κ1) is 11.6. The van der Waals surface area contributed by atoms with E-state index < -0.39 is 0 Å². The van der Waals surface area contributed by atoms with Crippen molar-refractivity contribution in [1.82, 2.24) is 0 Å². The summed E-state index contributed by atoms with van der Waals surface area (Å²) in [7, 11) is 0. The second-order valence-corrected chi connectivity index (χ2v) is 10.7. The average Bonchev–Trinajstić information content (AvgIpc) is 2.82. The molecule has 0 unspecified atom stereocenters. The van der Waals surface area contributed by atoms with Gasteiger partial charge in [-0.05, 0) is 0 Å². The molecule has 0 N–H and O–H groups in total. The molecule has 0 radical (unpaired) electrons. The van der Waals surface area contributed by atoms with E-state index in [2.05, 4.69) is 24.3 Å². The molecular formula is C14H6Cl2Se2. The minimum atomic E-state index is 0.445. The van der Waals surface area contributed by atoms with Gasteiger partial charge in [-0.2, -0.15) is 0 Å². The van der Waals surface area contributed by atoms with Crippen molar-refractivity contribution in [3.8, 4) is 0 Å². The van der Waals surface area contributed by atoms with Crippen LogP contribution in [0.15, 0.2) is 36.4 Å². The first-order valence-corrected chi connectivity index (χ1v) is 9.60. The summed E-state index contributed by atoms with van der Waals surface area (Å²) in [6.45, 7) is 0. The first-order valence-electron chi connectivity index (χ1n) is 5.42. The van der Waals surface area contributed by atoms with E-state index in [0.717, 1.165) is 10.0 Å². The molecule has 4 rings (SSSR count). The van der Waals surface area contributed by atoms with Crippen LogP contribution in [-0.4, -0.2) is 29.0 Å². The van der Waals surface area contributed by atoms with E-state index in [1.165, 1.54) is 24.7 Å². The van der Waals surface area contributed by atoms with Crippen LogP contribution in [0.5, 0.6) is 0 Å². The third-order valence-electron chi connectivity index (χ3n) is 3.04. The molecule has 2 heterocycles. The van der Waals surface area contributed by atoms with E-state index in [4.69, 9.17) is 23.2 Å². The van der Waals surface area contributed by atoms with Crippen LogP contribution in [-0.2, 0) is 0 Å². The number of halogens is 2. The topological polar surface area (TPSA) is 0 Å². The van der Waals surface area contributed by atoms with E-state index in [1.54, 1.807) is 3.13 Å². The van der Waals surface area contributed by atoms with Crippen molar-refractivity contribution in [2.24, 2.45) is 0 Å². The fourth-order valence-corrected chi connectivity index (χ4v) is 9.54. The van der Waals surface area contributed by atoms with Gasteiger partial charge < -0.3 is 0 Å². The molecule has 18 heavy (non-hydrogen) atoms. The van der Waals surface area contributed by atoms with Crippen molar-refractivity contribution in [1.29, 1.82) is 0 Å². The average molecular weight is 403 g/mol. The standard InChI is InChI=1S/C14H6Cl2Se2/c15-7-1-3-9-11(5-7)17-14-13(9)10-4-2-8(16)6-12(10)18-14/h1-6H. The van der Waals surface area contributed by atoms with Crippen LogP contribution in [0.1, 0.15) is 0 Å². The predicted octanol–water partition coefficient (Wildman–Crippen LogP) is 4.57. The summed E-state index contributed by atoms with van der Waals surface area (Å²) in [5.41, 5.74) is 0.